The summed E-state index contributed by atoms with van der Waals surface area (Å²) in [4.78, 5) is 10.4. The fourth-order valence-corrected chi connectivity index (χ4v) is 0.983. The lowest BCUT2D eigenvalue weighted by molar-refractivity contribution is 0.112. The second kappa shape index (κ2) is 4.52. The molecule has 0 fully saturated rings. The molecule has 68 valence electrons. The van der Waals surface area contributed by atoms with Crippen LogP contribution < -0.4 is 5.73 Å². The van der Waals surface area contributed by atoms with Gasteiger partial charge in [0.1, 0.15) is 5.82 Å². The van der Waals surface area contributed by atoms with E-state index in [0.29, 0.717) is 18.4 Å². The summed E-state index contributed by atoms with van der Waals surface area (Å²) in [6, 6.07) is 4.65. The van der Waals surface area contributed by atoms with Crippen molar-refractivity contribution in [2.75, 3.05) is 6.54 Å². The quantitative estimate of drug-likeness (QED) is 0.716. The van der Waals surface area contributed by atoms with Gasteiger partial charge < -0.3 is 5.73 Å². The number of halogens is 1. The van der Waals surface area contributed by atoms with Crippen molar-refractivity contribution in [3.63, 3.8) is 0 Å². The van der Waals surface area contributed by atoms with Gasteiger partial charge in [-0.15, -0.1) is 0 Å². The van der Waals surface area contributed by atoms with Crippen molar-refractivity contribution in [2.45, 2.75) is 0 Å². The maximum Gasteiger partial charge on any atom is 0.153 e. The molecular weight excluding hydrogens is 169 g/mol. The third kappa shape index (κ3) is 2.23. The molecule has 13 heavy (non-hydrogen) atoms. The number of aldehydes is 1. The van der Waals surface area contributed by atoms with Gasteiger partial charge >= 0.3 is 0 Å². The SMILES string of the molecule is NCC=Cc1cccc(C=O)c1F. The molecule has 0 bridgehead atoms. The monoisotopic (exact) mass is 179 g/mol. The van der Waals surface area contributed by atoms with Crippen molar-refractivity contribution < 1.29 is 9.18 Å². The maximum absolute atomic E-state index is 13.3. The van der Waals surface area contributed by atoms with E-state index >= 15 is 0 Å². The smallest absolute Gasteiger partial charge is 0.153 e. The van der Waals surface area contributed by atoms with Crippen molar-refractivity contribution in [1.29, 1.82) is 0 Å². The Morgan fingerprint density at radius 2 is 2.08 bits per heavy atom. The van der Waals surface area contributed by atoms with Crippen LogP contribution in [-0.4, -0.2) is 12.8 Å². The average molecular weight is 179 g/mol. The molecule has 0 aliphatic heterocycles. The summed E-state index contributed by atoms with van der Waals surface area (Å²) in [6.07, 6.45) is 3.68. The second-order valence-electron chi connectivity index (χ2n) is 2.51. The van der Waals surface area contributed by atoms with Gasteiger partial charge in [0.2, 0.25) is 0 Å². The number of nitrogens with two attached hydrogens (primary N) is 1. The van der Waals surface area contributed by atoms with Crippen molar-refractivity contribution in [2.24, 2.45) is 5.73 Å². The molecule has 0 saturated carbocycles. The van der Waals surface area contributed by atoms with Gasteiger partial charge in [-0.1, -0.05) is 24.3 Å². The lowest BCUT2D eigenvalue weighted by atomic mass is 10.1. The molecule has 3 heteroatoms. The number of carbonyl (C=O) groups excluding carboxylic acids is 1. The molecule has 0 saturated heterocycles. The summed E-state index contributed by atoms with van der Waals surface area (Å²) in [5, 5.41) is 0. The Labute approximate surface area is 75.9 Å². The zero-order valence-electron chi connectivity index (χ0n) is 7.03. The largest absolute Gasteiger partial charge is 0.327 e. The van der Waals surface area contributed by atoms with Crippen LogP contribution in [0.4, 0.5) is 4.39 Å². The van der Waals surface area contributed by atoms with Gasteiger partial charge in [0.05, 0.1) is 5.56 Å². The number of carbonyl (C=O) groups is 1. The Bertz CT molecular complexity index is 334. The molecule has 0 atom stereocenters. The standard InChI is InChI=1S/C10H10FNO/c11-10-8(5-2-6-12)3-1-4-9(10)7-13/h1-5,7H,6,12H2. The van der Waals surface area contributed by atoms with Crippen LogP contribution in [0.15, 0.2) is 24.3 Å². The van der Waals surface area contributed by atoms with Gasteiger partial charge in [-0.25, -0.2) is 4.39 Å². The minimum atomic E-state index is -0.498. The molecule has 2 N–H and O–H groups in total. The first-order chi connectivity index (χ1) is 6.29. The summed E-state index contributed by atoms with van der Waals surface area (Å²) in [5.41, 5.74) is 5.67. The zero-order chi connectivity index (χ0) is 9.68. The molecule has 1 aromatic carbocycles. The molecule has 1 rings (SSSR count). The Kier molecular flexibility index (Phi) is 3.34. The van der Waals surface area contributed by atoms with E-state index in [1.54, 1.807) is 24.3 Å². The lowest BCUT2D eigenvalue weighted by Crippen LogP contribution is -1.94. The molecule has 0 heterocycles. The second-order valence-corrected chi connectivity index (χ2v) is 2.51. The van der Waals surface area contributed by atoms with E-state index in [1.165, 1.54) is 6.07 Å². The molecule has 0 aliphatic rings. The molecule has 2 nitrogen and oxygen atoms in total. The van der Waals surface area contributed by atoms with Crippen LogP contribution in [0.2, 0.25) is 0 Å². The first-order valence-electron chi connectivity index (χ1n) is 3.90. The first kappa shape index (κ1) is 9.61. The van der Waals surface area contributed by atoms with E-state index in [-0.39, 0.29) is 5.56 Å². The highest BCUT2D eigenvalue weighted by Crippen LogP contribution is 2.12. The maximum atomic E-state index is 13.3. The fourth-order valence-electron chi connectivity index (χ4n) is 0.983. The van der Waals surface area contributed by atoms with Gasteiger partial charge in [-0.3, -0.25) is 4.79 Å². The van der Waals surface area contributed by atoms with Gasteiger partial charge in [0, 0.05) is 12.1 Å². The lowest BCUT2D eigenvalue weighted by Gasteiger charge is -1.98. The van der Waals surface area contributed by atoms with Gasteiger partial charge in [-0.05, 0) is 6.07 Å². The molecule has 0 unspecified atom stereocenters. The van der Waals surface area contributed by atoms with Crippen LogP contribution in [0.25, 0.3) is 6.08 Å². The van der Waals surface area contributed by atoms with Crippen molar-refractivity contribution in [1.82, 2.24) is 0 Å². The van der Waals surface area contributed by atoms with Crippen molar-refractivity contribution in [3.8, 4) is 0 Å². The number of benzene rings is 1. The van der Waals surface area contributed by atoms with E-state index in [1.807, 2.05) is 0 Å². The highest BCUT2D eigenvalue weighted by molar-refractivity contribution is 5.76. The molecule has 0 aromatic heterocycles. The average Bonchev–Trinajstić information content (AvgIpc) is 2.16. The highest BCUT2D eigenvalue weighted by Gasteiger charge is 2.03. The first-order valence-corrected chi connectivity index (χ1v) is 3.90. The summed E-state index contributed by atoms with van der Waals surface area (Å²) >= 11 is 0. The summed E-state index contributed by atoms with van der Waals surface area (Å²) in [6.45, 7) is 0.352. The topological polar surface area (TPSA) is 43.1 Å². The van der Waals surface area contributed by atoms with Crippen LogP contribution in [0.1, 0.15) is 15.9 Å². The third-order valence-corrected chi connectivity index (χ3v) is 1.62. The van der Waals surface area contributed by atoms with E-state index in [9.17, 15) is 9.18 Å². The Hall–Kier alpha value is -1.48. The Morgan fingerprint density at radius 1 is 1.38 bits per heavy atom. The van der Waals surface area contributed by atoms with Gasteiger partial charge in [-0.2, -0.15) is 0 Å². The van der Waals surface area contributed by atoms with Crippen LogP contribution in [0, 0.1) is 5.82 Å². The minimum Gasteiger partial charge on any atom is -0.327 e. The third-order valence-electron chi connectivity index (χ3n) is 1.62. The van der Waals surface area contributed by atoms with Crippen molar-refractivity contribution >= 4 is 12.4 Å². The van der Waals surface area contributed by atoms with E-state index in [0.717, 1.165) is 0 Å². The number of rotatable bonds is 3. The van der Waals surface area contributed by atoms with Gasteiger partial charge in [0.15, 0.2) is 6.29 Å². The molecule has 1 aromatic rings. The number of hydrogen-bond donors (Lipinski definition) is 1. The molecule has 0 aliphatic carbocycles. The van der Waals surface area contributed by atoms with Crippen molar-refractivity contribution in [3.05, 3.63) is 41.2 Å². The fraction of sp³-hybridized carbons (Fsp3) is 0.100. The summed E-state index contributed by atoms with van der Waals surface area (Å²) in [7, 11) is 0. The summed E-state index contributed by atoms with van der Waals surface area (Å²) < 4.78 is 13.3. The van der Waals surface area contributed by atoms with E-state index in [4.69, 9.17) is 5.73 Å². The molecule has 0 spiro atoms. The molecular formula is C10H10FNO. The van der Waals surface area contributed by atoms with E-state index < -0.39 is 5.82 Å². The predicted octanol–water partition coefficient (Wildman–Crippen LogP) is 1.61. The molecule has 0 amide bonds. The summed E-state index contributed by atoms with van der Waals surface area (Å²) in [5.74, 6) is -0.498. The van der Waals surface area contributed by atoms with Crippen LogP contribution in [0.3, 0.4) is 0 Å². The van der Waals surface area contributed by atoms with Crippen LogP contribution in [0.5, 0.6) is 0 Å². The highest BCUT2D eigenvalue weighted by atomic mass is 19.1. The minimum absolute atomic E-state index is 0.0687. The van der Waals surface area contributed by atoms with Gasteiger partial charge in [0.25, 0.3) is 0 Å². The Balaban J connectivity index is 3.08. The normalized spacial score (nSPS) is 10.6. The van der Waals surface area contributed by atoms with Crippen LogP contribution in [-0.2, 0) is 0 Å². The van der Waals surface area contributed by atoms with E-state index in [2.05, 4.69) is 0 Å². The predicted molar refractivity (Wildman–Crippen MR) is 49.9 cm³/mol. The van der Waals surface area contributed by atoms with Crippen LogP contribution >= 0.6 is 0 Å². The zero-order valence-corrected chi connectivity index (χ0v) is 7.03. The molecule has 0 radical (unpaired) electrons. The Morgan fingerprint density at radius 3 is 2.69 bits per heavy atom. The number of hydrogen-bond acceptors (Lipinski definition) is 2.